The molecular formula is C38H51N2OSc. The van der Waals surface area contributed by atoms with Crippen molar-refractivity contribution in [2.75, 3.05) is 45.1 Å². The summed E-state index contributed by atoms with van der Waals surface area (Å²) in [5.41, 5.74) is 9.29. The Morgan fingerprint density at radius 2 is 1.17 bits per heavy atom. The van der Waals surface area contributed by atoms with Gasteiger partial charge in [0.2, 0.25) is 0 Å². The number of hydrogen-bond acceptors (Lipinski definition) is 3. The zero-order chi connectivity index (χ0) is 30.9. The van der Waals surface area contributed by atoms with Crippen LogP contribution in [0.5, 0.6) is 5.75 Å². The van der Waals surface area contributed by atoms with Crippen molar-refractivity contribution >= 4 is 11.4 Å². The van der Waals surface area contributed by atoms with Gasteiger partial charge in [0.1, 0.15) is 0 Å². The number of allylic oxidation sites excluding steroid dienone is 4. The van der Waals surface area contributed by atoms with Crippen molar-refractivity contribution in [2.45, 2.75) is 63.9 Å². The molecule has 0 saturated heterocycles. The quantitative estimate of drug-likeness (QED) is 0.232. The molecule has 0 unspecified atom stereocenters. The SMILES string of the molecule is COc1c(C(C)(C)C)cc(C)cc1C(C)(C)[C]1([Sc]([CH2]c2ccccc2N(C)C)[CH2]c2ccccc2N(C)C)C=CC=C1. The third-order valence-electron chi connectivity index (χ3n) is 9.41. The van der Waals surface area contributed by atoms with Gasteiger partial charge in [0, 0.05) is 0 Å². The summed E-state index contributed by atoms with van der Waals surface area (Å²) in [4.78, 5) is 4.56. The van der Waals surface area contributed by atoms with Crippen molar-refractivity contribution in [3.63, 3.8) is 0 Å². The third-order valence-corrected chi connectivity index (χ3v) is 16.2. The maximum atomic E-state index is 6.33. The molecule has 0 saturated carbocycles. The minimum absolute atomic E-state index is 0.0210. The Hall–Kier alpha value is -2.59. The van der Waals surface area contributed by atoms with E-state index in [2.05, 4.69) is 165 Å². The molecule has 0 bridgehead atoms. The Labute approximate surface area is 263 Å². The third kappa shape index (κ3) is 6.20. The predicted octanol–water partition coefficient (Wildman–Crippen LogP) is 9.01. The first-order valence-corrected chi connectivity index (χ1v) is 18.7. The summed E-state index contributed by atoms with van der Waals surface area (Å²) in [7, 11) is 10.5. The van der Waals surface area contributed by atoms with E-state index in [0.717, 1.165) is 14.1 Å². The van der Waals surface area contributed by atoms with E-state index >= 15 is 0 Å². The first-order chi connectivity index (χ1) is 19.7. The number of methoxy groups -OCH3 is 1. The van der Waals surface area contributed by atoms with Crippen molar-refractivity contribution in [2.24, 2.45) is 0 Å². The van der Waals surface area contributed by atoms with Crippen LogP contribution in [0.4, 0.5) is 11.4 Å². The van der Waals surface area contributed by atoms with Crippen LogP contribution < -0.4 is 14.5 Å². The molecule has 3 aromatic carbocycles. The first-order valence-electron chi connectivity index (χ1n) is 15.3. The van der Waals surface area contributed by atoms with Gasteiger partial charge in [-0.15, -0.1) is 0 Å². The predicted molar refractivity (Wildman–Crippen MR) is 179 cm³/mol. The molecule has 0 aromatic heterocycles. The van der Waals surface area contributed by atoms with Gasteiger partial charge in [-0.05, 0) is 0 Å². The molecule has 3 aromatic rings. The number of anilines is 2. The molecule has 0 fully saturated rings. The van der Waals surface area contributed by atoms with Gasteiger partial charge in [0.15, 0.2) is 0 Å². The summed E-state index contributed by atoms with van der Waals surface area (Å²) >= 11 is -2.39. The van der Waals surface area contributed by atoms with Gasteiger partial charge in [-0.1, -0.05) is 0 Å². The van der Waals surface area contributed by atoms with Crippen molar-refractivity contribution in [3.05, 3.63) is 113 Å². The van der Waals surface area contributed by atoms with E-state index in [9.17, 15) is 0 Å². The van der Waals surface area contributed by atoms with Gasteiger partial charge in [-0.3, -0.25) is 0 Å². The van der Waals surface area contributed by atoms with Crippen LogP contribution >= 0.6 is 0 Å². The van der Waals surface area contributed by atoms with Gasteiger partial charge in [0.25, 0.3) is 0 Å². The molecule has 0 heterocycles. The minimum atomic E-state index is -2.39. The monoisotopic (exact) mass is 596 g/mol. The van der Waals surface area contributed by atoms with Gasteiger partial charge in [-0.25, -0.2) is 0 Å². The average molecular weight is 597 g/mol. The number of benzene rings is 3. The molecule has 0 spiro atoms. The van der Waals surface area contributed by atoms with Gasteiger partial charge >= 0.3 is 265 Å². The second-order valence-corrected chi connectivity index (χ2v) is 19.0. The molecule has 0 N–H and O–H groups in total. The summed E-state index contributed by atoms with van der Waals surface area (Å²) < 4.78 is 8.55. The van der Waals surface area contributed by atoms with Crippen LogP contribution in [-0.2, 0) is 40.6 Å². The Bertz CT molecular complexity index is 1390. The van der Waals surface area contributed by atoms with Crippen LogP contribution in [0.2, 0.25) is 3.17 Å². The molecule has 1 aliphatic rings. The van der Waals surface area contributed by atoms with E-state index in [1.165, 1.54) is 39.2 Å². The number of ether oxygens (including phenoxy) is 1. The number of para-hydroxylation sites is 2. The molecular weight excluding hydrogens is 545 g/mol. The number of rotatable bonds is 10. The molecule has 0 amide bonds. The first kappa shape index (κ1) is 32.3. The van der Waals surface area contributed by atoms with Crippen molar-refractivity contribution in [3.8, 4) is 5.75 Å². The van der Waals surface area contributed by atoms with Crippen LogP contribution in [0, 0.1) is 6.92 Å². The van der Waals surface area contributed by atoms with Crippen LogP contribution in [0.25, 0.3) is 0 Å². The standard InChI is InChI=1S/C20H27O.2C9H12N.Sc/c1-14-12-16(19(2,3)4)18(21-7)17(13-14)20(5,6)15-10-8-9-11-15;2*1-8-6-4-5-7-9(8)10(2)3;/h8-13H,1-7H3;2*4-7H,1H2,2-3H3;. The van der Waals surface area contributed by atoms with E-state index < -0.39 is 21.4 Å². The molecule has 3 nitrogen and oxygen atoms in total. The Kier molecular flexibility index (Phi) is 9.67. The number of hydrogen-bond donors (Lipinski definition) is 0. The fourth-order valence-corrected chi connectivity index (χ4v) is 14.2. The summed E-state index contributed by atoms with van der Waals surface area (Å²) in [6, 6.07) is 22.8. The zero-order valence-corrected chi connectivity index (χ0v) is 29.7. The Balaban J connectivity index is 1.97. The summed E-state index contributed by atoms with van der Waals surface area (Å²) in [6.07, 6.45) is 9.74. The van der Waals surface area contributed by atoms with E-state index in [1.54, 1.807) is 0 Å². The van der Waals surface area contributed by atoms with Crippen LogP contribution in [-0.4, -0.2) is 35.3 Å². The van der Waals surface area contributed by atoms with E-state index in [1.807, 2.05) is 7.11 Å². The van der Waals surface area contributed by atoms with Gasteiger partial charge < -0.3 is 0 Å². The van der Waals surface area contributed by atoms with Crippen LogP contribution in [0.15, 0.2) is 85.0 Å². The van der Waals surface area contributed by atoms with Gasteiger partial charge in [0.05, 0.1) is 0 Å². The molecule has 4 rings (SSSR count). The molecule has 0 aliphatic heterocycles. The van der Waals surface area contributed by atoms with E-state index in [0.29, 0.717) is 0 Å². The topological polar surface area (TPSA) is 15.7 Å². The fraction of sp³-hybridized carbons (Fsp3) is 0.421. The Morgan fingerprint density at radius 3 is 1.60 bits per heavy atom. The molecule has 1 aliphatic carbocycles. The Morgan fingerprint density at radius 1 is 0.714 bits per heavy atom. The fourth-order valence-electron chi connectivity index (χ4n) is 7.11. The zero-order valence-electron chi connectivity index (χ0n) is 27.9. The molecule has 0 atom stereocenters. The second-order valence-electron chi connectivity index (χ2n) is 14.1. The molecule has 4 heteroatoms. The summed E-state index contributed by atoms with van der Waals surface area (Å²) in [6.45, 7) is 14.1. The van der Waals surface area contributed by atoms with E-state index in [4.69, 9.17) is 4.74 Å². The molecule has 0 radical (unpaired) electrons. The van der Waals surface area contributed by atoms with Gasteiger partial charge in [-0.2, -0.15) is 0 Å². The van der Waals surface area contributed by atoms with Crippen molar-refractivity contribution in [1.29, 1.82) is 0 Å². The van der Waals surface area contributed by atoms with Crippen molar-refractivity contribution < 1.29 is 26.2 Å². The van der Waals surface area contributed by atoms with Crippen LogP contribution in [0.1, 0.15) is 62.4 Å². The summed E-state index contributed by atoms with van der Waals surface area (Å²) in [5, 5.41) is 0. The van der Waals surface area contributed by atoms with Crippen molar-refractivity contribution in [1.82, 2.24) is 0 Å². The van der Waals surface area contributed by atoms with E-state index in [-0.39, 0.29) is 14.0 Å². The van der Waals surface area contributed by atoms with Crippen LogP contribution in [0.3, 0.4) is 0 Å². The molecule has 42 heavy (non-hydrogen) atoms. The number of nitrogens with zero attached hydrogens (tertiary/aromatic N) is 2. The second kappa shape index (κ2) is 12.6. The molecule has 222 valence electrons. The normalized spacial score (nSPS) is 14.3. The number of aryl methyl sites for hydroxylation is 1. The average Bonchev–Trinajstić information content (AvgIpc) is 3.44. The summed E-state index contributed by atoms with van der Waals surface area (Å²) in [5.74, 6) is 1.05. The maximum absolute atomic E-state index is 6.33.